The van der Waals surface area contributed by atoms with E-state index in [1.165, 1.54) is 0 Å². The minimum Gasteiger partial charge on any atom is -0.465 e. The highest BCUT2D eigenvalue weighted by Gasteiger charge is 2.23. The number of carbonyl (C=O) groups excluding carboxylic acids is 1. The number of rotatable bonds is 9. The van der Waals surface area contributed by atoms with Gasteiger partial charge in [0.05, 0.1) is 11.8 Å². The van der Waals surface area contributed by atoms with Crippen molar-refractivity contribution in [1.29, 1.82) is 0 Å². The number of nitrogens with one attached hydrogen (secondary N) is 3. The van der Waals surface area contributed by atoms with Crippen LogP contribution in [0, 0.1) is 0 Å². The molecule has 0 radical (unpaired) electrons. The van der Waals surface area contributed by atoms with Crippen LogP contribution < -0.4 is 15.4 Å². The number of benzene rings is 3. The molecule has 0 spiro atoms. The van der Waals surface area contributed by atoms with Gasteiger partial charge in [0.15, 0.2) is 0 Å². The van der Waals surface area contributed by atoms with E-state index >= 15 is 0 Å². The van der Waals surface area contributed by atoms with Crippen molar-refractivity contribution >= 4 is 27.8 Å². The Labute approximate surface area is 214 Å². The minimum absolute atomic E-state index is 0.337. The average Bonchev–Trinajstić information content (AvgIpc) is 3.34. The number of hydrogen-bond donors (Lipinski definition) is 4. The fourth-order valence-corrected chi connectivity index (χ4v) is 4.88. The summed E-state index contributed by atoms with van der Waals surface area (Å²) in [6, 6.07) is 23.1. The Morgan fingerprint density at radius 1 is 0.892 bits per heavy atom. The molecule has 10 nitrogen and oxygen atoms in total. The van der Waals surface area contributed by atoms with E-state index in [9.17, 15) is 18.0 Å². The third-order valence-electron chi connectivity index (χ3n) is 5.41. The second-order valence-electron chi connectivity index (χ2n) is 8.19. The first-order valence-electron chi connectivity index (χ1n) is 11.3. The molecule has 0 bridgehead atoms. The summed E-state index contributed by atoms with van der Waals surface area (Å²) in [5.74, 6) is 0.133. The molecule has 4 N–H and O–H groups in total. The van der Waals surface area contributed by atoms with E-state index in [0.29, 0.717) is 29.2 Å². The van der Waals surface area contributed by atoms with E-state index in [0.717, 1.165) is 5.56 Å². The number of sulfonamides is 1. The lowest BCUT2D eigenvalue weighted by atomic mass is 10.1. The zero-order valence-corrected chi connectivity index (χ0v) is 20.4. The van der Waals surface area contributed by atoms with Crippen LogP contribution >= 0.6 is 0 Å². The topological polar surface area (TPSA) is 142 Å². The largest absolute Gasteiger partial charge is 0.465 e. The molecule has 37 heavy (non-hydrogen) atoms. The molecule has 0 aliphatic carbocycles. The monoisotopic (exact) mass is 519 g/mol. The molecule has 0 saturated carbocycles. The van der Waals surface area contributed by atoms with E-state index in [-0.39, 0.29) is 5.75 Å². The molecule has 4 rings (SSSR count). The number of nitrogens with zero attached hydrogens (tertiary/aromatic N) is 2. The van der Waals surface area contributed by atoms with Crippen molar-refractivity contribution in [3.05, 3.63) is 114 Å². The first-order chi connectivity index (χ1) is 17.8. The summed E-state index contributed by atoms with van der Waals surface area (Å²) in [6.45, 7) is 0. The van der Waals surface area contributed by atoms with E-state index in [1.54, 1.807) is 71.6 Å². The number of anilines is 1. The molecule has 0 aliphatic heterocycles. The maximum Gasteiger partial charge on any atom is 0.409 e. The van der Waals surface area contributed by atoms with Crippen LogP contribution in [0.3, 0.4) is 0 Å². The first kappa shape index (κ1) is 25.5. The molecule has 1 atom stereocenters. The molecule has 1 heterocycles. The van der Waals surface area contributed by atoms with E-state index < -0.39 is 28.2 Å². The Morgan fingerprint density at radius 2 is 1.51 bits per heavy atom. The van der Waals surface area contributed by atoms with Gasteiger partial charge in [0, 0.05) is 23.8 Å². The maximum atomic E-state index is 12.8. The molecule has 0 aliphatic rings. The standard InChI is InChI=1S/C26H25N5O5S/c32-25(30-37(35,36)18-20-9-5-2-6-10-20)29-23(17-19-7-3-1-4-8-19)24-27-15-16-31(24)22-13-11-21(12-14-22)28-26(33)34/h1-16,23,28H,17-18H2,(H,33,34)(H2,29,30,32). The number of amides is 3. The lowest BCUT2D eigenvalue weighted by Gasteiger charge is -2.21. The maximum absolute atomic E-state index is 12.8. The van der Waals surface area contributed by atoms with Gasteiger partial charge in [0.1, 0.15) is 5.82 Å². The van der Waals surface area contributed by atoms with E-state index in [1.807, 2.05) is 30.3 Å². The summed E-state index contributed by atoms with van der Waals surface area (Å²) in [4.78, 5) is 28.2. The Hall–Kier alpha value is -4.64. The summed E-state index contributed by atoms with van der Waals surface area (Å²) in [5, 5.41) is 13.9. The third-order valence-corrected chi connectivity index (χ3v) is 6.62. The summed E-state index contributed by atoms with van der Waals surface area (Å²) < 4.78 is 29.0. The van der Waals surface area contributed by atoms with E-state index in [4.69, 9.17) is 5.11 Å². The summed E-state index contributed by atoms with van der Waals surface area (Å²) in [7, 11) is -3.94. The van der Waals surface area contributed by atoms with Crippen molar-refractivity contribution in [3.8, 4) is 5.69 Å². The number of aromatic nitrogens is 2. The summed E-state index contributed by atoms with van der Waals surface area (Å²) in [6.07, 6.45) is 2.46. The predicted molar refractivity (Wildman–Crippen MR) is 139 cm³/mol. The summed E-state index contributed by atoms with van der Waals surface area (Å²) >= 11 is 0. The van der Waals surface area contributed by atoms with Gasteiger partial charge in [-0.15, -0.1) is 0 Å². The van der Waals surface area contributed by atoms with Crippen LogP contribution in [0.5, 0.6) is 0 Å². The van der Waals surface area contributed by atoms with Gasteiger partial charge < -0.3 is 15.0 Å². The van der Waals surface area contributed by atoms with Crippen molar-refractivity contribution in [2.75, 3.05) is 5.32 Å². The SMILES string of the molecule is O=C(O)Nc1ccc(-n2ccnc2C(Cc2ccccc2)NC(=O)NS(=O)(=O)Cc2ccccc2)cc1. The molecule has 11 heteroatoms. The lowest BCUT2D eigenvalue weighted by molar-refractivity contribution is 0.209. The Kier molecular flexibility index (Phi) is 7.84. The number of hydrogen-bond acceptors (Lipinski definition) is 5. The second-order valence-corrected chi connectivity index (χ2v) is 9.92. The van der Waals surface area contributed by atoms with Crippen molar-refractivity contribution in [1.82, 2.24) is 19.6 Å². The number of carbonyl (C=O) groups is 2. The van der Waals surface area contributed by atoms with Gasteiger partial charge in [0.2, 0.25) is 10.0 Å². The van der Waals surface area contributed by atoms with Crippen molar-refractivity contribution in [2.24, 2.45) is 0 Å². The molecule has 0 fully saturated rings. The number of carboxylic acid groups (broad SMARTS) is 1. The van der Waals surface area contributed by atoms with Gasteiger partial charge in [-0.2, -0.15) is 0 Å². The van der Waals surface area contributed by atoms with Crippen molar-refractivity contribution in [2.45, 2.75) is 18.2 Å². The van der Waals surface area contributed by atoms with Crippen LogP contribution in [0.1, 0.15) is 23.0 Å². The number of imidazole rings is 1. The molecule has 190 valence electrons. The zero-order valence-electron chi connectivity index (χ0n) is 19.6. The van der Waals surface area contributed by atoms with Gasteiger partial charge in [-0.05, 0) is 41.8 Å². The molecule has 3 amide bonds. The highest BCUT2D eigenvalue weighted by atomic mass is 32.2. The highest BCUT2D eigenvalue weighted by molar-refractivity contribution is 7.89. The van der Waals surface area contributed by atoms with Crippen LogP contribution in [0.25, 0.3) is 5.69 Å². The van der Waals surface area contributed by atoms with Crippen LogP contribution in [0.4, 0.5) is 15.3 Å². The fourth-order valence-electron chi connectivity index (χ4n) is 3.84. The highest BCUT2D eigenvalue weighted by Crippen LogP contribution is 2.22. The summed E-state index contributed by atoms with van der Waals surface area (Å²) in [5.41, 5.74) is 2.55. The average molecular weight is 520 g/mol. The molecule has 0 saturated heterocycles. The Balaban J connectivity index is 1.57. The van der Waals surface area contributed by atoms with Gasteiger partial charge in [-0.25, -0.2) is 27.7 Å². The molecule has 4 aromatic rings. The number of urea groups is 1. The second kappa shape index (κ2) is 11.4. The third kappa shape index (κ3) is 7.18. The van der Waals surface area contributed by atoms with Gasteiger partial charge in [-0.1, -0.05) is 60.7 Å². The predicted octanol–water partition coefficient (Wildman–Crippen LogP) is 4.08. The molecule has 1 unspecified atom stereocenters. The van der Waals surface area contributed by atoms with Crippen LogP contribution in [0.15, 0.2) is 97.3 Å². The zero-order chi connectivity index (χ0) is 26.3. The van der Waals surface area contributed by atoms with Crippen molar-refractivity contribution < 1.29 is 23.1 Å². The van der Waals surface area contributed by atoms with Gasteiger partial charge in [0.25, 0.3) is 0 Å². The fraction of sp³-hybridized carbons (Fsp3) is 0.115. The molecule has 1 aromatic heterocycles. The molecular weight excluding hydrogens is 494 g/mol. The first-order valence-corrected chi connectivity index (χ1v) is 13.0. The van der Waals surface area contributed by atoms with Crippen LogP contribution in [-0.2, 0) is 22.2 Å². The Bertz CT molecular complexity index is 1460. The Morgan fingerprint density at radius 3 is 2.14 bits per heavy atom. The molecular formula is C26H25N5O5S. The molecule has 3 aromatic carbocycles. The van der Waals surface area contributed by atoms with E-state index in [2.05, 4.69) is 20.3 Å². The van der Waals surface area contributed by atoms with Crippen LogP contribution in [-0.4, -0.2) is 35.2 Å². The van der Waals surface area contributed by atoms with Crippen molar-refractivity contribution in [3.63, 3.8) is 0 Å². The van der Waals surface area contributed by atoms with Crippen LogP contribution in [0.2, 0.25) is 0 Å². The van der Waals surface area contributed by atoms with Gasteiger partial charge >= 0.3 is 12.1 Å². The quantitative estimate of drug-likeness (QED) is 0.263. The normalized spacial score (nSPS) is 11.9. The smallest absolute Gasteiger partial charge is 0.409 e. The lowest BCUT2D eigenvalue weighted by Crippen LogP contribution is -2.42. The minimum atomic E-state index is -3.94. The van der Waals surface area contributed by atoms with Gasteiger partial charge in [-0.3, -0.25) is 5.32 Å².